The molecule has 2 aliphatic heterocycles. The van der Waals surface area contributed by atoms with Crippen LogP contribution in [0, 0.1) is 5.82 Å². The van der Waals surface area contributed by atoms with E-state index in [9.17, 15) is 19.1 Å². The Labute approximate surface area is 203 Å². The van der Waals surface area contributed by atoms with Crippen molar-refractivity contribution in [2.24, 2.45) is 0 Å². The van der Waals surface area contributed by atoms with Gasteiger partial charge in [0.1, 0.15) is 23.4 Å². The van der Waals surface area contributed by atoms with E-state index < -0.39 is 23.5 Å². The van der Waals surface area contributed by atoms with Crippen LogP contribution >= 0.6 is 11.3 Å². The fourth-order valence-corrected chi connectivity index (χ4v) is 5.61. The molecule has 2 atom stereocenters. The summed E-state index contributed by atoms with van der Waals surface area (Å²) in [6.07, 6.45) is 3.83. The fraction of sp³-hybridized carbons (Fsp3) is 0.154. The van der Waals surface area contributed by atoms with Gasteiger partial charge < -0.3 is 9.84 Å². The van der Waals surface area contributed by atoms with Crippen molar-refractivity contribution in [3.63, 3.8) is 0 Å². The van der Waals surface area contributed by atoms with Gasteiger partial charge in [0.2, 0.25) is 0 Å². The molecular formula is C26H18FN3O4S. The molecule has 0 spiro atoms. The van der Waals surface area contributed by atoms with Gasteiger partial charge in [-0.25, -0.2) is 9.37 Å². The number of aromatic nitrogens is 2. The molecule has 2 aliphatic rings. The first kappa shape index (κ1) is 21.4. The molecule has 0 saturated carbocycles. The molecule has 4 heterocycles. The lowest BCUT2D eigenvalue weighted by Crippen LogP contribution is -2.29. The Bertz CT molecular complexity index is 1550. The zero-order chi connectivity index (χ0) is 24.3. The summed E-state index contributed by atoms with van der Waals surface area (Å²) in [5, 5.41) is 11.6. The predicted octanol–water partition coefficient (Wildman–Crippen LogP) is 4.78. The number of halogens is 1. The second-order valence-electron chi connectivity index (χ2n) is 8.52. The minimum absolute atomic E-state index is 0.0206. The van der Waals surface area contributed by atoms with Crippen LogP contribution in [0.2, 0.25) is 0 Å². The molecule has 1 fully saturated rings. The minimum atomic E-state index is -0.947. The summed E-state index contributed by atoms with van der Waals surface area (Å²) < 4.78 is 20.0. The average molecular weight is 488 g/mol. The smallest absolute Gasteiger partial charge is 0.301 e. The van der Waals surface area contributed by atoms with Crippen molar-refractivity contribution >= 4 is 44.1 Å². The van der Waals surface area contributed by atoms with Crippen LogP contribution in [0.3, 0.4) is 0 Å². The molecule has 35 heavy (non-hydrogen) atoms. The normalized spacial score (nSPS) is 20.9. The van der Waals surface area contributed by atoms with Crippen molar-refractivity contribution in [3.8, 4) is 5.75 Å². The molecule has 174 valence electrons. The van der Waals surface area contributed by atoms with Gasteiger partial charge in [0, 0.05) is 24.4 Å². The molecular weight excluding hydrogens is 469 g/mol. The van der Waals surface area contributed by atoms with E-state index in [1.54, 1.807) is 42.7 Å². The van der Waals surface area contributed by atoms with E-state index in [0.717, 1.165) is 22.6 Å². The molecule has 1 N–H and O–H groups in total. The number of benzene rings is 2. The molecule has 7 nitrogen and oxygen atoms in total. The molecule has 2 aromatic heterocycles. The number of nitrogens with zero attached hydrogens (tertiary/aromatic N) is 3. The van der Waals surface area contributed by atoms with Gasteiger partial charge >= 0.3 is 5.91 Å². The van der Waals surface area contributed by atoms with Gasteiger partial charge in [0.05, 0.1) is 21.8 Å². The maximum atomic E-state index is 13.8. The highest BCUT2D eigenvalue weighted by atomic mass is 32.1. The Hall–Kier alpha value is -4.11. The van der Waals surface area contributed by atoms with Crippen LogP contribution in [0.4, 0.5) is 9.52 Å². The number of ketones is 1. The van der Waals surface area contributed by atoms with Gasteiger partial charge in [-0.3, -0.25) is 19.5 Å². The van der Waals surface area contributed by atoms with E-state index in [1.807, 2.05) is 6.92 Å². The average Bonchev–Trinajstić information content (AvgIpc) is 3.51. The summed E-state index contributed by atoms with van der Waals surface area (Å²) in [4.78, 5) is 36.5. The molecule has 2 unspecified atom stereocenters. The highest BCUT2D eigenvalue weighted by Crippen LogP contribution is 2.44. The SMILES string of the molecule is CC1Cc2cc(/C(O)=C3\C(=O)C(=O)N(c4nc5ccc(F)cc5s4)C3c3cccnc3)ccc2O1. The highest BCUT2D eigenvalue weighted by molar-refractivity contribution is 7.22. The molecule has 2 aromatic carbocycles. The van der Waals surface area contributed by atoms with Crippen molar-refractivity contribution in [2.75, 3.05) is 4.90 Å². The van der Waals surface area contributed by atoms with Crippen molar-refractivity contribution in [1.29, 1.82) is 0 Å². The van der Waals surface area contributed by atoms with Crippen molar-refractivity contribution in [3.05, 3.63) is 89.0 Å². The van der Waals surface area contributed by atoms with E-state index in [2.05, 4.69) is 9.97 Å². The Morgan fingerprint density at radius 1 is 1.20 bits per heavy atom. The van der Waals surface area contributed by atoms with Crippen LogP contribution in [-0.4, -0.2) is 32.9 Å². The first-order valence-electron chi connectivity index (χ1n) is 11.0. The van der Waals surface area contributed by atoms with Crippen LogP contribution in [0.15, 0.2) is 66.5 Å². The second kappa shape index (κ2) is 7.99. The van der Waals surface area contributed by atoms with Gasteiger partial charge in [-0.15, -0.1) is 0 Å². The number of thiazole rings is 1. The summed E-state index contributed by atoms with van der Waals surface area (Å²) in [6, 6.07) is 11.8. The fourth-order valence-electron chi connectivity index (χ4n) is 4.60. The topological polar surface area (TPSA) is 92.6 Å². The quantitative estimate of drug-likeness (QED) is 0.254. The molecule has 4 aromatic rings. The maximum Gasteiger partial charge on any atom is 0.301 e. The number of hydrogen-bond acceptors (Lipinski definition) is 7. The lowest BCUT2D eigenvalue weighted by atomic mass is 9.95. The molecule has 0 radical (unpaired) electrons. The lowest BCUT2D eigenvalue weighted by Gasteiger charge is -2.22. The van der Waals surface area contributed by atoms with Crippen LogP contribution in [0.25, 0.3) is 16.0 Å². The summed E-state index contributed by atoms with van der Waals surface area (Å²) in [7, 11) is 0. The minimum Gasteiger partial charge on any atom is -0.507 e. The standard InChI is InChI=1S/C26H18FN3O4S/c1-13-9-16-10-14(4-7-19(16)34-13)23(31)21-22(15-3-2-8-28-12-15)30(25(33)24(21)32)26-29-18-6-5-17(27)11-20(18)35-26/h2-8,10-13,22,31H,9H2,1H3/b23-21+. The third-order valence-electron chi connectivity index (χ3n) is 6.16. The van der Waals surface area contributed by atoms with E-state index in [1.165, 1.54) is 23.1 Å². The number of anilines is 1. The van der Waals surface area contributed by atoms with Crippen molar-refractivity contribution in [2.45, 2.75) is 25.5 Å². The molecule has 6 rings (SSSR count). The maximum absolute atomic E-state index is 13.8. The number of aliphatic hydroxyl groups is 1. The van der Waals surface area contributed by atoms with Gasteiger partial charge in [0.15, 0.2) is 5.13 Å². The van der Waals surface area contributed by atoms with Crippen molar-refractivity contribution < 1.29 is 23.8 Å². The Morgan fingerprint density at radius 2 is 2.06 bits per heavy atom. The number of rotatable bonds is 3. The number of amides is 1. The summed E-state index contributed by atoms with van der Waals surface area (Å²) in [5.41, 5.74) is 2.32. The number of fused-ring (bicyclic) bond motifs is 2. The van der Waals surface area contributed by atoms with E-state index >= 15 is 0 Å². The second-order valence-corrected chi connectivity index (χ2v) is 9.53. The Morgan fingerprint density at radius 3 is 2.86 bits per heavy atom. The first-order valence-corrected chi connectivity index (χ1v) is 11.8. The molecule has 0 aliphatic carbocycles. The number of carbonyl (C=O) groups excluding carboxylic acids is 2. The number of aliphatic hydroxyl groups excluding tert-OH is 1. The van der Waals surface area contributed by atoms with Crippen LogP contribution < -0.4 is 9.64 Å². The Kier molecular flexibility index (Phi) is 4.89. The van der Waals surface area contributed by atoms with Gasteiger partial charge in [0.25, 0.3) is 5.78 Å². The highest BCUT2D eigenvalue weighted by Gasteiger charge is 2.48. The molecule has 9 heteroatoms. The van der Waals surface area contributed by atoms with Gasteiger partial charge in [-0.2, -0.15) is 0 Å². The summed E-state index contributed by atoms with van der Waals surface area (Å²) >= 11 is 1.10. The summed E-state index contributed by atoms with van der Waals surface area (Å²) in [5.74, 6) is -1.62. The lowest BCUT2D eigenvalue weighted by molar-refractivity contribution is -0.132. The molecule has 1 amide bonds. The monoisotopic (exact) mass is 487 g/mol. The predicted molar refractivity (Wildman–Crippen MR) is 129 cm³/mol. The third-order valence-corrected chi connectivity index (χ3v) is 7.18. The number of ether oxygens (including phenoxy) is 1. The van der Waals surface area contributed by atoms with Gasteiger partial charge in [-0.05, 0) is 60.5 Å². The number of Topliss-reactive ketones (excluding diaryl/α,β-unsaturated/α-hetero) is 1. The Balaban J connectivity index is 1.53. The van der Waals surface area contributed by atoms with Crippen LogP contribution in [0.1, 0.15) is 29.7 Å². The zero-order valence-electron chi connectivity index (χ0n) is 18.4. The largest absolute Gasteiger partial charge is 0.507 e. The number of carbonyl (C=O) groups is 2. The third kappa shape index (κ3) is 3.47. The van der Waals surface area contributed by atoms with Gasteiger partial charge in [-0.1, -0.05) is 17.4 Å². The molecule has 1 saturated heterocycles. The van der Waals surface area contributed by atoms with Crippen molar-refractivity contribution in [1.82, 2.24) is 9.97 Å². The summed E-state index contributed by atoms with van der Waals surface area (Å²) in [6.45, 7) is 1.96. The van der Waals surface area contributed by atoms with E-state index in [4.69, 9.17) is 4.74 Å². The number of hydrogen-bond donors (Lipinski definition) is 1. The first-order chi connectivity index (χ1) is 16.9. The zero-order valence-corrected chi connectivity index (χ0v) is 19.3. The van der Waals surface area contributed by atoms with Crippen LogP contribution in [0.5, 0.6) is 5.75 Å². The van der Waals surface area contributed by atoms with E-state index in [0.29, 0.717) is 27.8 Å². The van der Waals surface area contributed by atoms with Crippen LogP contribution in [-0.2, 0) is 16.0 Å². The van der Waals surface area contributed by atoms with E-state index in [-0.39, 0.29) is 22.6 Å². The number of pyridine rings is 1. The molecule has 0 bridgehead atoms.